The number of amides is 1. The first-order valence-electron chi connectivity index (χ1n) is 8.29. The van der Waals surface area contributed by atoms with Crippen LogP contribution in [0, 0.1) is 0 Å². The first kappa shape index (κ1) is 19.5. The molecule has 0 spiro atoms. The van der Waals surface area contributed by atoms with E-state index in [0.717, 1.165) is 21.6 Å². The average molecular weight is 377 g/mol. The second-order valence-corrected chi connectivity index (χ2v) is 8.25. The monoisotopic (exact) mass is 376 g/mol. The summed E-state index contributed by atoms with van der Waals surface area (Å²) >= 11 is 2.85. The third-order valence-electron chi connectivity index (χ3n) is 3.81. The largest absolute Gasteiger partial charge is 0.357 e. The second kappa shape index (κ2) is 9.58. The van der Waals surface area contributed by atoms with Crippen LogP contribution in [0.4, 0.5) is 10.8 Å². The van der Waals surface area contributed by atoms with Crippen LogP contribution in [0.2, 0.25) is 0 Å². The molecule has 0 bridgehead atoms. The van der Waals surface area contributed by atoms with E-state index in [1.165, 1.54) is 28.7 Å². The molecule has 1 heterocycles. The molecule has 2 N–H and O–H groups in total. The Kier molecular flexibility index (Phi) is 7.46. The number of carbonyl (C=O) groups is 1. The fourth-order valence-electron chi connectivity index (χ4n) is 2.19. The van der Waals surface area contributed by atoms with Gasteiger partial charge in [0, 0.05) is 12.2 Å². The lowest BCUT2D eigenvalue weighted by molar-refractivity contribution is -0.115. The van der Waals surface area contributed by atoms with E-state index in [9.17, 15) is 4.79 Å². The van der Waals surface area contributed by atoms with E-state index in [4.69, 9.17) is 0 Å². The van der Waals surface area contributed by atoms with Crippen LogP contribution < -0.4 is 10.6 Å². The van der Waals surface area contributed by atoms with Gasteiger partial charge in [0.25, 0.3) is 0 Å². The number of aromatic nitrogens is 2. The summed E-state index contributed by atoms with van der Waals surface area (Å²) in [5.74, 6) is 0.373. The molecule has 7 heteroatoms. The highest BCUT2D eigenvalue weighted by Crippen LogP contribution is 2.31. The van der Waals surface area contributed by atoms with Crippen LogP contribution in [0.5, 0.6) is 0 Å². The van der Waals surface area contributed by atoms with Gasteiger partial charge in [0.1, 0.15) is 0 Å². The standard InChI is InChI=1S/C18H24N4OS2/c1-5-11-19-17-21-22-18(25-17)24-13(4)16(23)20-15-10-8-7-9-14(15)12(3)6-2/h5,7-10,12-13H,1,6,11H2,2-4H3,(H,19,21)(H,20,23)/t12-,13-/m1/s1. The van der Waals surface area contributed by atoms with Gasteiger partial charge in [0.2, 0.25) is 11.0 Å². The maximum atomic E-state index is 12.6. The van der Waals surface area contributed by atoms with Gasteiger partial charge in [-0.2, -0.15) is 0 Å². The maximum Gasteiger partial charge on any atom is 0.237 e. The molecule has 0 unspecified atom stereocenters. The minimum atomic E-state index is -0.259. The van der Waals surface area contributed by atoms with Gasteiger partial charge in [-0.05, 0) is 30.9 Å². The fraction of sp³-hybridized carbons (Fsp3) is 0.389. The summed E-state index contributed by atoms with van der Waals surface area (Å²) in [6, 6.07) is 7.98. The van der Waals surface area contributed by atoms with E-state index in [-0.39, 0.29) is 11.2 Å². The minimum Gasteiger partial charge on any atom is -0.357 e. The highest BCUT2D eigenvalue weighted by atomic mass is 32.2. The Morgan fingerprint density at radius 2 is 2.12 bits per heavy atom. The van der Waals surface area contributed by atoms with Crippen molar-refractivity contribution < 1.29 is 4.79 Å². The summed E-state index contributed by atoms with van der Waals surface area (Å²) in [6.45, 7) is 10.5. The fourth-order valence-corrected chi connectivity index (χ4v) is 4.09. The Balaban J connectivity index is 1.99. The molecule has 1 aromatic carbocycles. The SMILES string of the molecule is C=CCNc1nnc(S[C@H](C)C(=O)Nc2ccccc2[C@H](C)CC)s1. The zero-order valence-corrected chi connectivity index (χ0v) is 16.4. The number of nitrogens with zero attached hydrogens (tertiary/aromatic N) is 2. The molecule has 1 amide bonds. The number of nitrogens with one attached hydrogen (secondary N) is 2. The number of carbonyl (C=O) groups excluding carboxylic acids is 1. The van der Waals surface area contributed by atoms with Crippen LogP contribution in [0.15, 0.2) is 41.3 Å². The lowest BCUT2D eigenvalue weighted by Crippen LogP contribution is -2.23. The Bertz CT molecular complexity index is 717. The van der Waals surface area contributed by atoms with E-state index >= 15 is 0 Å². The smallest absolute Gasteiger partial charge is 0.237 e. The molecule has 0 aliphatic rings. The lowest BCUT2D eigenvalue weighted by atomic mass is 9.97. The van der Waals surface area contributed by atoms with Gasteiger partial charge < -0.3 is 10.6 Å². The van der Waals surface area contributed by atoms with Crippen molar-refractivity contribution in [1.82, 2.24) is 10.2 Å². The van der Waals surface area contributed by atoms with Gasteiger partial charge in [-0.1, -0.05) is 61.2 Å². The Labute approximate surface area is 157 Å². The van der Waals surface area contributed by atoms with Crippen molar-refractivity contribution in [3.8, 4) is 0 Å². The lowest BCUT2D eigenvalue weighted by Gasteiger charge is -2.17. The van der Waals surface area contributed by atoms with E-state index in [2.05, 4.69) is 47.3 Å². The molecule has 0 fully saturated rings. The van der Waals surface area contributed by atoms with Gasteiger partial charge >= 0.3 is 0 Å². The number of para-hydroxylation sites is 1. The molecule has 0 saturated heterocycles. The maximum absolute atomic E-state index is 12.6. The van der Waals surface area contributed by atoms with E-state index in [0.29, 0.717) is 12.5 Å². The van der Waals surface area contributed by atoms with Gasteiger partial charge in [-0.15, -0.1) is 16.8 Å². The molecule has 0 aliphatic heterocycles. The van der Waals surface area contributed by atoms with Crippen molar-refractivity contribution in [3.63, 3.8) is 0 Å². The summed E-state index contributed by atoms with van der Waals surface area (Å²) in [5.41, 5.74) is 2.06. The van der Waals surface area contributed by atoms with Gasteiger partial charge in [0.15, 0.2) is 4.34 Å². The van der Waals surface area contributed by atoms with Gasteiger partial charge in [-0.3, -0.25) is 4.79 Å². The Morgan fingerprint density at radius 1 is 1.36 bits per heavy atom. The summed E-state index contributed by atoms with van der Waals surface area (Å²) < 4.78 is 0.768. The Morgan fingerprint density at radius 3 is 2.84 bits per heavy atom. The molecule has 2 aromatic rings. The summed E-state index contributed by atoms with van der Waals surface area (Å²) in [5, 5.41) is 14.8. The van der Waals surface area contributed by atoms with Crippen LogP contribution in [-0.4, -0.2) is 27.9 Å². The van der Waals surface area contributed by atoms with Crippen molar-refractivity contribution in [3.05, 3.63) is 42.5 Å². The molecule has 5 nitrogen and oxygen atoms in total. The molecular weight excluding hydrogens is 352 g/mol. The second-order valence-electron chi connectivity index (χ2n) is 5.69. The average Bonchev–Trinajstić information content (AvgIpc) is 3.07. The van der Waals surface area contributed by atoms with Crippen molar-refractivity contribution in [2.45, 2.75) is 42.7 Å². The predicted octanol–water partition coefficient (Wildman–Crippen LogP) is 4.77. The Hall–Kier alpha value is -1.86. The van der Waals surface area contributed by atoms with E-state index in [1.807, 2.05) is 25.1 Å². The van der Waals surface area contributed by atoms with Crippen molar-refractivity contribution in [2.24, 2.45) is 0 Å². The van der Waals surface area contributed by atoms with E-state index < -0.39 is 0 Å². The molecule has 0 saturated carbocycles. The van der Waals surface area contributed by atoms with Crippen molar-refractivity contribution in [2.75, 3.05) is 17.2 Å². The van der Waals surface area contributed by atoms with Crippen LogP contribution >= 0.6 is 23.1 Å². The summed E-state index contributed by atoms with van der Waals surface area (Å²) in [6.07, 6.45) is 2.79. The zero-order valence-electron chi connectivity index (χ0n) is 14.8. The molecular formula is C18H24N4OS2. The summed E-state index contributed by atoms with van der Waals surface area (Å²) in [7, 11) is 0. The van der Waals surface area contributed by atoms with Gasteiger partial charge in [0.05, 0.1) is 5.25 Å². The quantitative estimate of drug-likeness (QED) is 0.487. The predicted molar refractivity (Wildman–Crippen MR) is 108 cm³/mol. The van der Waals surface area contributed by atoms with Crippen molar-refractivity contribution in [1.29, 1.82) is 0 Å². The van der Waals surface area contributed by atoms with Crippen LogP contribution in [-0.2, 0) is 4.79 Å². The molecule has 0 aliphatic carbocycles. The third kappa shape index (κ3) is 5.57. The minimum absolute atomic E-state index is 0.0310. The van der Waals surface area contributed by atoms with Crippen LogP contribution in [0.25, 0.3) is 0 Å². The zero-order chi connectivity index (χ0) is 18.2. The topological polar surface area (TPSA) is 66.9 Å². The molecule has 25 heavy (non-hydrogen) atoms. The molecule has 2 atom stereocenters. The van der Waals surface area contributed by atoms with E-state index in [1.54, 1.807) is 6.08 Å². The number of thioether (sulfide) groups is 1. The highest BCUT2D eigenvalue weighted by Gasteiger charge is 2.19. The number of anilines is 2. The number of rotatable bonds is 9. The third-order valence-corrected chi connectivity index (χ3v) is 5.88. The van der Waals surface area contributed by atoms with Crippen LogP contribution in [0.3, 0.4) is 0 Å². The number of benzene rings is 1. The molecule has 2 rings (SSSR count). The molecule has 134 valence electrons. The summed E-state index contributed by atoms with van der Waals surface area (Å²) in [4.78, 5) is 12.6. The normalized spacial score (nSPS) is 13.1. The number of hydrogen-bond acceptors (Lipinski definition) is 6. The molecule has 0 radical (unpaired) electrons. The van der Waals surface area contributed by atoms with Gasteiger partial charge in [-0.25, -0.2) is 0 Å². The van der Waals surface area contributed by atoms with Crippen LogP contribution in [0.1, 0.15) is 38.7 Å². The number of hydrogen-bond donors (Lipinski definition) is 2. The first-order valence-corrected chi connectivity index (χ1v) is 9.99. The van der Waals surface area contributed by atoms with Crippen molar-refractivity contribution >= 4 is 39.8 Å². The molecule has 1 aromatic heterocycles. The first-order chi connectivity index (χ1) is 12.0. The highest BCUT2D eigenvalue weighted by molar-refractivity contribution is 8.02.